The third-order valence-corrected chi connectivity index (χ3v) is 3.86. The number of anilines is 3. The zero-order valence-corrected chi connectivity index (χ0v) is 15.3. The van der Waals surface area contributed by atoms with Crippen molar-refractivity contribution in [2.45, 2.75) is 6.92 Å². The number of aromatic nitrogens is 2. The van der Waals surface area contributed by atoms with E-state index in [1.165, 1.54) is 7.11 Å². The van der Waals surface area contributed by atoms with Crippen molar-refractivity contribution in [3.63, 3.8) is 0 Å². The van der Waals surface area contributed by atoms with Crippen LogP contribution in [0.1, 0.15) is 16.1 Å². The van der Waals surface area contributed by atoms with Gasteiger partial charge in [0.1, 0.15) is 0 Å². The van der Waals surface area contributed by atoms with Crippen LogP contribution in [0.15, 0.2) is 54.6 Å². The van der Waals surface area contributed by atoms with E-state index in [2.05, 4.69) is 20.8 Å². The molecule has 138 valence electrons. The molecule has 0 radical (unpaired) electrons. The van der Waals surface area contributed by atoms with Gasteiger partial charge in [0.25, 0.3) is 5.91 Å². The van der Waals surface area contributed by atoms with E-state index in [0.29, 0.717) is 28.6 Å². The molecule has 3 aromatic rings. The Labute approximate surface area is 157 Å². The summed E-state index contributed by atoms with van der Waals surface area (Å²) in [6.45, 7) is 1.88. The lowest BCUT2D eigenvalue weighted by Crippen LogP contribution is -2.12. The maximum absolute atomic E-state index is 12.4. The van der Waals surface area contributed by atoms with Gasteiger partial charge in [-0.25, -0.2) is 0 Å². The van der Waals surface area contributed by atoms with Gasteiger partial charge in [0.2, 0.25) is 0 Å². The Balaban J connectivity index is 1.67. The zero-order chi connectivity index (χ0) is 19.2. The molecule has 0 bridgehead atoms. The van der Waals surface area contributed by atoms with Gasteiger partial charge in [-0.15, -0.1) is 5.10 Å². The summed E-state index contributed by atoms with van der Waals surface area (Å²) in [5, 5.41) is 14.1. The Morgan fingerprint density at radius 2 is 1.56 bits per heavy atom. The van der Waals surface area contributed by atoms with Crippen molar-refractivity contribution in [1.82, 2.24) is 10.2 Å². The Morgan fingerprint density at radius 1 is 0.852 bits per heavy atom. The average molecular weight is 364 g/mol. The maximum Gasteiger partial charge on any atom is 0.255 e. The van der Waals surface area contributed by atoms with Gasteiger partial charge in [0.05, 0.1) is 19.9 Å². The lowest BCUT2D eigenvalue weighted by molar-refractivity contribution is 0.102. The SMILES string of the molecule is COc1ccc(C(=O)Nc2ccc(Nc3ccc(C)nn3)cc2)cc1OC. The Hall–Kier alpha value is -3.61. The number of hydrogen-bond donors (Lipinski definition) is 2. The number of amides is 1. The Morgan fingerprint density at radius 3 is 2.19 bits per heavy atom. The number of carbonyl (C=O) groups is 1. The van der Waals surface area contributed by atoms with E-state index in [4.69, 9.17) is 9.47 Å². The van der Waals surface area contributed by atoms with Crippen molar-refractivity contribution in [2.75, 3.05) is 24.9 Å². The molecule has 0 saturated carbocycles. The molecule has 1 amide bonds. The fourth-order valence-electron chi connectivity index (χ4n) is 2.43. The average Bonchev–Trinajstić information content (AvgIpc) is 2.70. The number of hydrogen-bond acceptors (Lipinski definition) is 6. The molecule has 27 heavy (non-hydrogen) atoms. The summed E-state index contributed by atoms with van der Waals surface area (Å²) >= 11 is 0. The minimum absolute atomic E-state index is 0.235. The second-order valence-corrected chi connectivity index (χ2v) is 5.79. The number of aryl methyl sites for hydroxylation is 1. The van der Waals surface area contributed by atoms with Crippen molar-refractivity contribution >= 4 is 23.1 Å². The molecule has 1 aromatic heterocycles. The highest BCUT2D eigenvalue weighted by Gasteiger charge is 2.11. The molecule has 2 aromatic carbocycles. The van der Waals surface area contributed by atoms with Gasteiger partial charge in [0, 0.05) is 16.9 Å². The molecule has 0 aliphatic heterocycles. The van der Waals surface area contributed by atoms with Gasteiger partial charge in [-0.1, -0.05) is 0 Å². The van der Waals surface area contributed by atoms with Gasteiger partial charge >= 0.3 is 0 Å². The van der Waals surface area contributed by atoms with Gasteiger partial charge in [-0.2, -0.15) is 5.10 Å². The highest BCUT2D eigenvalue weighted by atomic mass is 16.5. The standard InChI is InChI=1S/C20H20N4O3/c1-13-4-11-19(24-23-13)21-15-6-8-16(9-7-15)22-20(25)14-5-10-17(26-2)18(12-14)27-3/h4-12H,1-3H3,(H,21,24)(H,22,25). The number of benzene rings is 2. The smallest absolute Gasteiger partial charge is 0.255 e. The Bertz CT molecular complexity index is 925. The van der Waals surface area contributed by atoms with Gasteiger partial charge in [0.15, 0.2) is 17.3 Å². The minimum Gasteiger partial charge on any atom is -0.493 e. The molecule has 0 fully saturated rings. The van der Waals surface area contributed by atoms with Crippen molar-refractivity contribution in [3.05, 3.63) is 65.9 Å². The summed E-state index contributed by atoms with van der Waals surface area (Å²) < 4.78 is 10.4. The number of nitrogens with zero attached hydrogens (tertiary/aromatic N) is 2. The lowest BCUT2D eigenvalue weighted by Gasteiger charge is -2.11. The van der Waals surface area contributed by atoms with Crippen LogP contribution < -0.4 is 20.1 Å². The first-order valence-corrected chi connectivity index (χ1v) is 8.30. The highest BCUT2D eigenvalue weighted by Crippen LogP contribution is 2.28. The second kappa shape index (κ2) is 8.18. The summed E-state index contributed by atoms with van der Waals surface area (Å²) in [4.78, 5) is 12.4. The number of carbonyl (C=O) groups excluding carboxylic acids is 1. The van der Waals surface area contributed by atoms with E-state index >= 15 is 0 Å². The molecular formula is C20H20N4O3. The largest absolute Gasteiger partial charge is 0.493 e. The third kappa shape index (κ3) is 4.52. The molecule has 3 rings (SSSR count). The molecule has 0 unspecified atom stereocenters. The van der Waals surface area contributed by atoms with Gasteiger partial charge in [-0.05, 0) is 61.5 Å². The summed E-state index contributed by atoms with van der Waals surface area (Å²) in [6, 6.07) is 16.1. The predicted octanol–water partition coefficient (Wildman–Crippen LogP) is 3.80. The molecule has 7 nitrogen and oxygen atoms in total. The second-order valence-electron chi connectivity index (χ2n) is 5.79. The summed E-state index contributed by atoms with van der Waals surface area (Å²) in [5.74, 6) is 1.50. The van der Waals surface area contributed by atoms with Crippen LogP contribution in [0.3, 0.4) is 0 Å². The fraction of sp³-hybridized carbons (Fsp3) is 0.150. The monoisotopic (exact) mass is 364 g/mol. The molecule has 0 saturated heterocycles. The molecular weight excluding hydrogens is 344 g/mol. The summed E-state index contributed by atoms with van der Waals surface area (Å²) in [6.07, 6.45) is 0. The van der Waals surface area contributed by atoms with Crippen molar-refractivity contribution in [1.29, 1.82) is 0 Å². The van der Waals surface area contributed by atoms with Crippen LogP contribution >= 0.6 is 0 Å². The van der Waals surface area contributed by atoms with Crippen LogP contribution in [0.4, 0.5) is 17.2 Å². The molecule has 2 N–H and O–H groups in total. The van der Waals surface area contributed by atoms with Gasteiger partial charge in [-0.3, -0.25) is 4.79 Å². The summed E-state index contributed by atoms with van der Waals surface area (Å²) in [5.41, 5.74) is 2.85. The van der Waals surface area contributed by atoms with E-state index in [1.54, 1.807) is 25.3 Å². The van der Waals surface area contributed by atoms with Crippen LogP contribution in [-0.4, -0.2) is 30.3 Å². The molecule has 7 heteroatoms. The number of methoxy groups -OCH3 is 2. The van der Waals surface area contributed by atoms with E-state index in [0.717, 1.165) is 11.4 Å². The van der Waals surface area contributed by atoms with E-state index in [9.17, 15) is 4.79 Å². The number of rotatable bonds is 6. The van der Waals surface area contributed by atoms with Crippen LogP contribution in [0.25, 0.3) is 0 Å². The normalized spacial score (nSPS) is 10.2. The van der Waals surface area contributed by atoms with Crippen molar-refractivity contribution in [2.24, 2.45) is 0 Å². The maximum atomic E-state index is 12.4. The van der Waals surface area contributed by atoms with Crippen molar-refractivity contribution in [3.8, 4) is 11.5 Å². The lowest BCUT2D eigenvalue weighted by atomic mass is 10.1. The molecule has 0 spiro atoms. The van der Waals surface area contributed by atoms with Crippen LogP contribution in [-0.2, 0) is 0 Å². The summed E-state index contributed by atoms with van der Waals surface area (Å²) in [7, 11) is 3.08. The quantitative estimate of drug-likeness (QED) is 0.692. The highest BCUT2D eigenvalue weighted by molar-refractivity contribution is 6.04. The van der Waals surface area contributed by atoms with E-state index in [1.807, 2.05) is 43.3 Å². The van der Waals surface area contributed by atoms with Crippen LogP contribution in [0, 0.1) is 6.92 Å². The van der Waals surface area contributed by atoms with E-state index in [-0.39, 0.29) is 5.91 Å². The zero-order valence-electron chi connectivity index (χ0n) is 15.3. The first kappa shape index (κ1) is 18.2. The van der Waals surface area contributed by atoms with Crippen molar-refractivity contribution < 1.29 is 14.3 Å². The third-order valence-electron chi connectivity index (χ3n) is 3.86. The molecule has 0 aliphatic carbocycles. The topological polar surface area (TPSA) is 85.4 Å². The van der Waals surface area contributed by atoms with E-state index < -0.39 is 0 Å². The molecule has 0 atom stereocenters. The molecule has 0 aliphatic rings. The van der Waals surface area contributed by atoms with Crippen LogP contribution in [0.2, 0.25) is 0 Å². The predicted molar refractivity (Wildman–Crippen MR) is 104 cm³/mol. The first-order valence-electron chi connectivity index (χ1n) is 8.30. The first-order chi connectivity index (χ1) is 13.1. The Kier molecular flexibility index (Phi) is 5.51. The molecule has 1 heterocycles. The van der Waals surface area contributed by atoms with Crippen LogP contribution in [0.5, 0.6) is 11.5 Å². The minimum atomic E-state index is -0.235. The van der Waals surface area contributed by atoms with Gasteiger partial charge < -0.3 is 20.1 Å². The fourth-order valence-corrected chi connectivity index (χ4v) is 2.43. The number of ether oxygens (including phenoxy) is 2. The number of nitrogens with one attached hydrogen (secondary N) is 2.